The van der Waals surface area contributed by atoms with Gasteiger partial charge in [0.25, 0.3) is 5.91 Å². The molecule has 0 fully saturated rings. The summed E-state index contributed by atoms with van der Waals surface area (Å²) < 4.78 is 0. The van der Waals surface area contributed by atoms with Crippen molar-refractivity contribution in [3.05, 3.63) is 58.9 Å². The Morgan fingerprint density at radius 1 is 1.14 bits per heavy atom. The highest BCUT2D eigenvalue weighted by molar-refractivity contribution is 5.93. The molecule has 0 saturated carbocycles. The van der Waals surface area contributed by atoms with Crippen LogP contribution in [0.5, 0.6) is 0 Å². The lowest BCUT2D eigenvalue weighted by Gasteiger charge is -2.30. The zero-order valence-corrected chi connectivity index (χ0v) is 13.3. The van der Waals surface area contributed by atoms with Gasteiger partial charge in [-0.25, -0.2) is 0 Å². The Balaban J connectivity index is 1.85. The van der Waals surface area contributed by atoms with E-state index < -0.39 is 0 Å². The number of rotatable bonds is 1. The van der Waals surface area contributed by atoms with E-state index in [4.69, 9.17) is 0 Å². The third-order valence-electron chi connectivity index (χ3n) is 4.20. The largest absolute Gasteiger partial charge is 0.334 e. The minimum absolute atomic E-state index is 0.0294. The molecule has 0 saturated heterocycles. The van der Waals surface area contributed by atoms with E-state index in [1.54, 1.807) is 12.3 Å². The van der Waals surface area contributed by atoms with Gasteiger partial charge in [-0.15, -0.1) is 0 Å². The molecule has 0 aliphatic carbocycles. The lowest BCUT2D eigenvalue weighted by molar-refractivity contribution is 0.0734. The molecule has 1 aliphatic heterocycles. The van der Waals surface area contributed by atoms with Crippen LogP contribution in [0.25, 0.3) is 0 Å². The minimum atomic E-state index is 0.0294. The summed E-state index contributed by atoms with van der Waals surface area (Å²) in [5.74, 6) is 0.0294. The van der Waals surface area contributed by atoms with E-state index in [1.807, 2.05) is 4.90 Å². The highest BCUT2D eigenvalue weighted by Crippen LogP contribution is 2.28. The molecule has 114 valence electrons. The van der Waals surface area contributed by atoms with E-state index in [0.29, 0.717) is 12.1 Å². The van der Waals surface area contributed by atoms with Gasteiger partial charge in [0.05, 0.1) is 18.0 Å². The van der Waals surface area contributed by atoms with Crippen LogP contribution >= 0.6 is 0 Å². The molecule has 3 rings (SSSR count). The molecule has 1 aromatic heterocycles. The summed E-state index contributed by atoms with van der Waals surface area (Å²) in [6.07, 6.45) is 4.00. The van der Waals surface area contributed by atoms with Crippen LogP contribution < -0.4 is 0 Å². The van der Waals surface area contributed by atoms with Crippen LogP contribution in [-0.2, 0) is 18.4 Å². The van der Waals surface area contributed by atoms with Crippen molar-refractivity contribution in [1.82, 2.24) is 15.1 Å². The van der Waals surface area contributed by atoms with Crippen LogP contribution in [0, 0.1) is 0 Å². The van der Waals surface area contributed by atoms with E-state index in [-0.39, 0.29) is 11.3 Å². The molecule has 0 radical (unpaired) electrons. The third kappa shape index (κ3) is 2.86. The Morgan fingerprint density at radius 3 is 2.64 bits per heavy atom. The molecule has 4 nitrogen and oxygen atoms in total. The van der Waals surface area contributed by atoms with Crippen molar-refractivity contribution in [2.45, 2.75) is 39.2 Å². The molecule has 0 bridgehead atoms. The number of fused-ring (bicyclic) bond motifs is 1. The van der Waals surface area contributed by atoms with Gasteiger partial charge in [-0.2, -0.15) is 10.2 Å². The van der Waals surface area contributed by atoms with Gasteiger partial charge in [-0.1, -0.05) is 39.0 Å². The van der Waals surface area contributed by atoms with Gasteiger partial charge < -0.3 is 4.90 Å². The normalized spacial score (nSPS) is 14.6. The maximum Gasteiger partial charge on any atom is 0.255 e. The first-order valence-electron chi connectivity index (χ1n) is 7.63. The Bertz CT molecular complexity index is 689. The quantitative estimate of drug-likeness (QED) is 0.812. The van der Waals surface area contributed by atoms with Crippen LogP contribution in [0.2, 0.25) is 0 Å². The molecule has 0 atom stereocenters. The van der Waals surface area contributed by atoms with Crippen LogP contribution in [0.3, 0.4) is 0 Å². The molecule has 0 spiro atoms. The highest BCUT2D eigenvalue weighted by Gasteiger charge is 2.23. The number of benzene rings is 1. The van der Waals surface area contributed by atoms with Crippen LogP contribution in [0.1, 0.15) is 47.8 Å². The van der Waals surface area contributed by atoms with E-state index in [2.05, 4.69) is 49.2 Å². The molecule has 4 heteroatoms. The fraction of sp³-hybridized carbons (Fsp3) is 0.389. The Labute approximate surface area is 131 Å². The maximum atomic E-state index is 12.5. The average molecular weight is 295 g/mol. The molecule has 0 unspecified atom stereocenters. The molecule has 22 heavy (non-hydrogen) atoms. The smallest absolute Gasteiger partial charge is 0.255 e. The summed E-state index contributed by atoms with van der Waals surface area (Å²) in [4.78, 5) is 14.4. The zero-order chi connectivity index (χ0) is 15.7. The van der Waals surface area contributed by atoms with Gasteiger partial charge in [-0.3, -0.25) is 4.79 Å². The fourth-order valence-electron chi connectivity index (χ4n) is 2.80. The summed E-state index contributed by atoms with van der Waals surface area (Å²) in [5, 5.41) is 7.52. The molecule has 2 aromatic rings. The topological polar surface area (TPSA) is 46.1 Å². The van der Waals surface area contributed by atoms with Crippen molar-refractivity contribution < 1.29 is 4.79 Å². The second-order valence-corrected chi connectivity index (χ2v) is 6.84. The monoisotopic (exact) mass is 295 g/mol. The molecular weight excluding hydrogens is 274 g/mol. The summed E-state index contributed by atoms with van der Waals surface area (Å²) in [5.41, 5.74) is 4.64. The van der Waals surface area contributed by atoms with Gasteiger partial charge in [0.15, 0.2) is 0 Å². The number of carbonyl (C=O) groups is 1. The van der Waals surface area contributed by atoms with Crippen LogP contribution in [0.4, 0.5) is 0 Å². The number of aromatic nitrogens is 2. The van der Waals surface area contributed by atoms with E-state index in [9.17, 15) is 4.79 Å². The zero-order valence-electron chi connectivity index (χ0n) is 13.3. The van der Waals surface area contributed by atoms with Crippen molar-refractivity contribution in [2.75, 3.05) is 6.54 Å². The number of amides is 1. The highest BCUT2D eigenvalue weighted by atomic mass is 16.2. The van der Waals surface area contributed by atoms with Gasteiger partial charge in [0.1, 0.15) is 0 Å². The van der Waals surface area contributed by atoms with Crippen molar-refractivity contribution >= 4 is 5.91 Å². The number of hydrogen-bond acceptors (Lipinski definition) is 3. The Hall–Kier alpha value is -2.23. The third-order valence-corrected chi connectivity index (χ3v) is 4.20. The van der Waals surface area contributed by atoms with Gasteiger partial charge in [-0.05, 0) is 34.6 Å². The molecule has 1 aliphatic rings. The molecule has 1 aromatic carbocycles. The van der Waals surface area contributed by atoms with Gasteiger partial charge >= 0.3 is 0 Å². The van der Waals surface area contributed by atoms with Crippen LogP contribution in [0.15, 0.2) is 36.7 Å². The fourth-order valence-corrected chi connectivity index (χ4v) is 2.80. The minimum Gasteiger partial charge on any atom is -0.334 e. The summed E-state index contributed by atoms with van der Waals surface area (Å²) in [6, 6.07) is 8.39. The predicted molar refractivity (Wildman–Crippen MR) is 85.6 cm³/mol. The van der Waals surface area contributed by atoms with Crippen molar-refractivity contribution in [3.8, 4) is 0 Å². The first-order valence-corrected chi connectivity index (χ1v) is 7.63. The first kappa shape index (κ1) is 14.7. The lowest BCUT2D eigenvalue weighted by Crippen LogP contribution is -2.36. The van der Waals surface area contributed by atoms with E-state index in [1.165, 1.54) is 22.9 Å². The average Bonchev–Trinajstić information content (AvgIpc) is 2.53. The van der Waals surface area contributed by atoms with E-state index >= 15 is 0 Å². The second-order valence-electron chi connectivity index (χ2n) is 6.84. The number of hydrogen-bond donors (Lipinski definition) is 0. The van der Waals surface area contributed by atoms with Crippen molar-refractivity contribution in [1.29, 1.82) is 0 Å². The van der Waals surface area contributed by atoms with Gasteiger partial charge in [0.2, 0.25) is 0 Å². The summed E-state index contributed by atoms with van der Waals surface area (Å²) >= 11 is 0. The number of nitrogens with zero attached hydrogens (tertiary/aromatic N) is 3. The molecule has 2 heterocycles. The molecule has 0 N–H and O–H groups in total. The maximum absolute atomic E-state index is 12.5. The Morgan fingerprint density at radius 2 is 1.95 bits per heavy atom. The van der Waals surface area contributed by atoms with Crippen molar-refractivity contribution in [3.63, 3.8) is 0 Å². The first-order chi connectivity index (χ1) is 10.4. The van der Waals surface area contributed by atoms with Gasteiger partial charge in [0, 0.05) is 13.1 Å². The standard InChI is InChI=1S/C18H21N3O/c1-18(2,3)16-5-4-13-7-9-21(12-15(13)10-16)17(22)14-6-8-19-20-11-14/h4-6,8,10-11H,7,9,12H2,1-3H3. The summed E-state index contributed by atoms with van der Waals surface area (Å²) in [6.45, 7) is 8.05. The molecular formula is C18H21N3O. The van der Waals surface area contributed by atoms with Crippen LogP contribution in [-0.4, -0.2) is 27.5 Å². The van der Waals surface area contributed by atoms with E-state index in [0.717, 1.165) is 13.0 Å². The number of carbonyl (C=O) groups excluding carboxylic acids is 1. The molecule has 1 amide bonds. The van der Waals surface area contributed by atoms with Crippen molar-refractivity contribution in [2.24, 2.45) is 0 Å². The lowest BCUT2D eigenvalue weighted by atomic mass is 9.84. The SMILES string of the molecule is CC(C)(C)c1ccc2c(c1)CN(C(=O)c1ccnnc1)CC2. The predicted octanol–water partition coefficient (Wildman–Crippen LogP) is 2.97. The summed E-state index contributed by atoms with van der Waals surface area (Å²) in [7, 11) is 0. The Kier molecular flexibility index (Phi) is 3.69. The second kappa shape index (κ2) is 5.52.